The van der Waals surface area contributed by atoms with Crippen LogP contribution in [-0.4, -0.2) is 0 Å². The van der Waals surface area contributed by atoms with Crippen molar-refractivity contribution in [1.82, 2.24) is 5.32 Å². The molecule has 0 aromatic heterocycles. The maximum Gasteiger partial charge on any atom is 0.126 e. The van der Waals surface area contributed by atoms with Gasteiger partial charge in [0.25, 0.3) is 0 Å². The summed E-state index contributed by atoms with van der Waals surface area (Å²) >= 11 is 0. The fourth-order valence-corrected chi connectivity index (χ4v) is 6.30. The summed E-state index contributed by atoms with van der Waals surface area (Å²) in [5.74, 6) is 1.04. The van der Waals surface area contributed by atoms with Crippen LogP contribution in [0.1, 0.15) is 53.6 Å². The molecule has 0 aliphatic rings. The van der Waals surface area contributed by atoms with Gasteiger partial charge in [0.2, 0.25) is 0 Å². The van der Waals surface area contributed by atoms with Gasteiger partial charge in [0.15, 0.2) is 0 Å². The number of hydrogen-bond acceptors (Lipinski definition) is 2. The molecule has 0 saturated heterocycles. The highest BCUT2D eigenvalue weighted by Gasteiger charge is 2.30. The van der Waals surface area contributed by atoms with Crippen molar-refractivity contribution in [2.75, 3.05) is 0 Å². The highest BCUT2D eigenvalue weighted by atomic mass is 31.1. The molecular weight excluding hydrogens is 457 g/mol. The van der Waals surface area contributed by atoms with Crippen LogP contribution in [0.25, 0.3) is 0 Å². The molecule has 0 aliphatic carbocycles. The molecule has 0 radical (unpaired) electrons. The summed E-state index contributed by atoms with van der Waals surface area (Å²) in [5, 5.41) is 5.12. The van der Waals surface area contributed by atoms with Crippen LogP contribution < -0.4 is 15.4 Å². The second kappa shape index (κ2) is 12.3. The van der Waals surface area contributed by atoms with Crippen LogP contribution in [0.15, 0.2) is 97.1 Å². The van der Waals surface area contributed by atoms with Crippen molar-refractivity contribution in [2.24, 2.45) is 0 Å². The van der Waals surface area contributed by atoms with Gasteiger partial charge in [0.05, 0.1) is 0 Å². The smallest absolute Gasteiger partial charge is 0.126 e. The molecule has 36 heavy (non-hydrogen) atoms. The first-order valence-electron chi connectivity index (χ1n) is 12.9. The Balaban J connectivity index is 1.58. The van der Waals surface area contributed by atoms with Gasteiger partial charge in [0.1, 0.15) is 12.4 Å². The van der Waals surface area contributed by atoms with Gasteiger partial charge < -0.3 is 10.1 Å². The molecule has 0 saturated carbocycles. The third kappa shape index (κ3) is 6.44. The Hall–Kier alpha value is -2.93. The molecule has 0 aliphatic heterocycles. The molecule has 1 N–H and O–H groups in total. The van der Waals surface area contributed by atoms with Crippen molar-refractivity contribution >= 4 is 13.9 Å². The van der Waals surface area contributed by atoms with Gasteiger partial charge in [-0.25, -0.2) is 0 Å². The van der Waals surface area contributed by atoms with Crippen molar-refractivity contribution in [1.29, 1.82) is 0 Å². The predicted octanol–water partition coefficient (Wildman–Crippen LogP) is 7.80. The zero-order valence-corrected chi connectivity index (χ0v) is 23.0. The lowest BCUT2D eigenvalue weighted by Crippen LogP contribution is -2.25. The Bertz CT molecular complexity index is 1260. The first kappa shape index (κ1) is 26.1. The second-order valence-corrected chi connectivity index (χ2v) is 11.6. The van der Waals surface area contributed by atoms with Gasteiger partial charge in [0, 0.05) is 23.8 Å². The van der Waals surface area contributed by atoms with Crippen molar-refractivity contribution in [3.8, 4) is 5.75 Å². The molecule has 2 unspecified atom stereocenters. The van der Waals surface area contributed by atoms with Crippen molar-refractivity contribution < 1.29 is 4.74 Å². The molecule has 2 nitrogen and oxygen atoms in total. The maximum atomic E-state index is 6.51. The number of benzene rings is 4. The lowest BCUT2D eigenvalue weighted by atomic mass is 9.94. The van der Waals surface area contributed by atoms with E-state index in [2.05, 4.69) is 124 Å². The standard InChI is InChI=1S/C33H38NOP/c1-5-33(4,30-21-13-14-25(2)31(30)35-24-28-18-10-7-11-19-28)36-32-26(3)15-12-20-29(32)23-34-22-27-16-8-6-9-17-27/h6-21,34,36H,5,22-24H2,1-4H3. The van der Waals surface area contributed by atoms with E-state index < -0.39 is 0 Å². The fraction of sp³-hybridized carbons (Fsp3) is 0.273. The largest absolute Gasteiger partial charge is 0.488 e. The molecule has 0 spiro atoms. The number of rotatable bonds is 11. The first-order chi connectivity index (χ1) is 17.5. The van der Waals surface area contributed by atoms with E-state index in [1.165, 1.54) is 38.7 Å². The van der Waals surface area contributed by atoms with Crippen LogP contribution in [0.2, 0.25) is 0 Å². The van der Waals surface area contributed by atoms with E-state index in [9.17, 15) is 0 Å². The first-order valence-corrected chi connectivity index (χ1v) is 13.9. The molecule has 0 amide bonds. The minimum absolute atomic E-state index is 0.0155. The fourth-order valence-electron chi connectivity index (χ4n) is 4.62. The third-order valence-electron chi connectivity index (χ3n) is 6.99. The third-order valence-corrected chi connectivity index (χ3v) is 9.13. The van der Waals surface area contributed by atoms with Gasteiger partial charge in [-0.1, -0.05) is 119 Å². The Labute approximate surface area is 218 Å². The molecule has 4 aromatic carbocycles. The average molecular weight is 496 g/mol. The number of aryl methyl sites for hydroxylation is 2. The summed E-state index contributed by atoms with van der Waals surface area (Å²) in [4.78, 5) is 0. The Morgan fingerprint density at radius 3 is 2.06 bits per heavy atom. The summed E-state index contributed by atoms with van der Waals surface area (Å²) < 4.78 is 6.51. The van der Waals surface area contributed by atoms with E-state index in [1.807, 2.05) is 6.07 Å². The Kier molecular flexibility index (Phi) is 8.97. The number of nitrogens with one attached hydrogen (secondary N) is 1. The van der Waals surface area contributed by atoms with E-state index in [1.54, 1.807) is 0 Å². The van der Waals surface area contributed by atoms with Crippen LogP contribution in [0.5, 0.6) is 5.75 Å². The van der Waals surface area contributed by atoms with Crippen LogP contribution in [0, 0.1) is 13.8 Å². The lowest BCUT2D eigenvalue weighted by molar-refractivity contribution is 0.297. The van der Waals surface area contributed by atoms with Crippen LogP contribution in [-0.2, 0) is 24.9 Å². The van der Waals surface area contributed by atoms with Crippen molar-refractivity contribution in [3.05, 3.63) is 130 Å². The van der Waals surface area contributed by atoms with Crippen LogP contribution >= 0.6 is 8.58 Å². The van der Waals surface area contributed by atoms with Crippen LogP contribution in [0.3, 0.4) is 0 Å². The summed E-state index contributed by atoms with van der Waals surface area (Å²) in [7, 11) is 0.645. The highest BCUT2D eigenvalue weighted by molar-refractivity contribution is 7.48. The average Bonchev–Trinajstić information content (AvgIpc) is 2.91. The van der Waals surface area contributed by atoms with E-state index >= 15 is 0 Å². The highest BCUT2D eigenvalue weighted by Crippen LogP contribution is 2.49. The van der Waals surface area contributed by atoms with E-state index in [-0.39, 0.29) is 5.16 Å². The molecule has 3 heteroatoms. The van der Waals surface area contributed by atoms with Crippen molar-refractivity contribution in [2.45, 2.75) is 59.0 Å². The van der Waals surface area contributed by atoms with E-state index in [0.717, 1.165) is 25.3 Å². The summed E-state index contributed by atoms with van der Waals surface area (Å²) in [5.41, 5.74) is 7.77. The van der Waals surface area contributed by atoms with Crippen molar-refractivity contribution in [3.63, 3.8) is 0 Å². The summed E-state index contributed by atoms with van der Waals surface area (Å²) in [6.07, 6.45) is 1.04. The minimum atomic E-state index is -0.0155. The van der Waals surface area contributed by atoms with Crippen LogP contribution in [0.4, 0.5) is 0 Å². The molecule has 4 rings (SSSR count). The number of ether oxygens (including phenoxy) is 1. The van der Waals surface area contributed by atoms with E-state index in [0.29, 0.717) is 15.2 Å². The molecule has 0 bridgehead atoms. The van der Waals surface area contributed by atoms with Gasteiger partial charge in [-0.15, -0.1) is 0 Å². The topological polar surface area (TPSA) is 21.3 Å². The van der Waals surface area contributed by atoms with Gasteiger partial charge in [-0.2, -0.15) is 0 Å². The van der Waals surface area contributed by atoms with E-state index in [4.69, 9.17) is 4.74 Å². The van der Waals surface area contributed by atoms with Gasteiger partial charge in [-0.3, -0.25) is 0 Å². The molecule has 186 valence electrons. The molecule has 2 atom stereocenters. The second-order valence-electron chi connectivity index (χ2n) is 9.73. The predicted molar refractivity (Wildman–Crippen MR) is 156 cm³/mol. The number of para-hydroxylation sites is 1. The molecule has 4 aromatic rings. The minimum Gasteiger partial charge on any atom is -0.488 e. The lowest BCUT2D eigenvalue weighted by Gasteiger charge is -2.33. The normalized spacial score (nSPS) is 13.1. The van der Waals surface area contributed by atoms with Gasteiger partial charge >= 0.3 is 0 Å². The maximum absolute atomic E-state index is 6.51. The zero-order valence-electron chi connectivity index (χ0n) is 22.0. The monoisotopic (exact) mass is 495 g/mol. The Morgan fingerprint density at radius 1 is 0.722 bits per heavy atom. The Morgan fingerprint density at radius 2 is 1.36 bits per heavy atom. The quantitative estimate of drug-likeness (QED) is 0.214. The molecule has 0 fully saturated rings. The summed E-state index contributed by atoms with van der Waals surface area (Å²) in [6, 6.07) is 34.4. The molecule has 0 heterocycles. The zero-order chi connectivity index (χ0) is 25.4. The SMILES string of the molecule is CCC(C)(Pc1c(C)cccc1CNCc1ccccc1)c1cccc(C)c1OCc1ccccc1. The van der Waals surface area contributed by atoms with Gasteiger partial charge in [-0.05, 0) is 53.4 Å². The number of hydrogen-bond donors (Lipinski definition) is 1. The molecular formula is C33H38NOP. The summed E-state index contributed by atoms with van der Waals surface area (Å²) in [6.45, 7) is 11.4.